The zero-order valence-electron chi connectivity index (χ0n) is 8.42. The van der Waals surface area contributed by atoms with Gasteiger partial charge in [0.05, 0.1) is 17.2 Å². The molecule has 1 atom stereocenters. The van der Waals surface area contributed by atoms with E-state index in [0.717, 1.165) is 6.20 Å². The fourth-order valence-electron chi connectivity index (χ4n) is 1.88. The summed E-state index contributed by atoms with van der Waals surface area (Å²) in [6.45, 7) is 0. The molecular weight excluding hydrogens is 234 g/mol. The minimum atomic E-state index is -3.09. The van der Waals surface area contributed by atoms with E-state index in [9.17, 15) is 13.2 Å². The largest absolute Gasteiger partial charge is 0.478 e. The highest BCUT2D eigenvalue weighted by Crippen LogP contribution is 2.24. The molecule has 1 aromatic heterocycles. The zero-order valence-corrected chi connectivity index (χ0v) is 9.24. The first kappa shape index (κ1) is 11.1. The first-order chi connectivity index (χ1) is 7.50. The topological polar surface area (TPSA) is 97.5 Å². The number of nitrogens with zero attached hydrogens (tertiary/aromatic N) is 1. The van der Waals surface area contributed by atoms with Gasteiger partial charge in [-0.05, 0) is 12.8 Å². The van der Waals surface area contributed by atoms with Gasteiger partial charge in [0.25, 0.3) is 0 Å². The lowest BCUT2D eigenvalue weighted by molar-refractivity contribution is 0.0694. The van der Waals surface area contributed by atoms with E-state index in [2.05, 4.69) is 5.16 Å². The van der Waals surface area contributed by atoms with Crippen molar-refractivity contribution in [2.24, 2.45) is 0 Å². The summed E-state index contributed by atoms with van der Waals surface area (Å²) >= 11 is 0. The van der Waals surface area contributed by atoms with Gasteiger partial charge in [-0.1, -0.05) is 5.16 Å². The molecule has 0 amide bonds. The Balaban J connectivity index is 2.21. The standard InChI is InChI=1S/C9H11NO5S/c11-9(12)7-5-10-15-8(7)4-6-2-1-3-16(6,13)14/h5-6H,1-4H2,(H,11,12). The van der Waals surface area contributed by atoms with Gasteiger partial charge in [0.15, 0.2) is 15.6 Å². The minimum absolute atomic E-state index is 0.0536. The fraction of sp³-hybridized carbons (Fsp3) is 0.556. The van der Waals surface area contributed by atoms with Crippen molar-refractivity contribution in [1.82, 2.24) is 5.16 Å². The maximum atomic E-state index is 11.6. The molecule has 1 aliphatic rings. The molecule has 1 unspecified atom stereocenters. The molecule has 0 radical (unpaired) electrons. The average Bonchev–Trinajstić information content (AvgIpc) is 2.74. The first-order valence-electron chi connectivity index (χ1n) is 4.89. The summed E-state index contributed by atoms with van der Waals surface area (Å²) in [6.07, 6.45) is 2.38. The number of aromatic carboxylic acids is 1. The second kappa shape index (κ2) is 3.89. The Morgan fingerprint density at radius 2 is 2.38 bits per heavy atom. The Hall–Kier alpha value is -1.37. The summed E-state index contributed by atoms with van der Waals surface area (Å²) in [7, 11) is -3.09. The van der Waals surface area contributed by atoms with Crippen LogP contribution in [0.5, 0.6) is 0 Å². The highest BCUT2D eigenvalue weighted by atomic mass is 32.2. The monoisotopic (exact) mass is 245 g/mol. The van der Waals surface area contributed by atoms with E-state index in [1.165, 1.54) is 0 Å². The number of aromatic nitrogens is 1. The quantitative estimate of drug-likeness (QED) is 0.832. The highest BCUT2D eigenvalue weighted by molar-refractivity contribution is 7.92. The van der Waals surface area contributed by atoms with Crippen molar-refractivity contribution in [3.8, 4) is 0 Å². The van der Waals surface area contributed by atoms with Crippen molar-refractivity contribution in [1.29, 1.82) is 0 Å². The SMILES string of the molecule is O=C(O)c1cnoc1CC1CCCS1(=O)=O. The van der Waals surface area contributed by atoms with Crippen LogP contribution in [0, 0.1) is 0 Å². The van der Waals surface area contributed by atoms with Gasteiger partial charge in [0, 0.05) is 6.42 Å². The van der Waals surface area contributed by atoms with Crippen molar-refractivity contribution in [3.05, 3.63) is 17.5 Å². The number of hydrogen-bond donors (Lipinski definition) is 1. The Kier molecular flexibility index (Phi) is 2.71. The molecule has 0 bridgehead atoms. The average molecular weight is 245 g/mol. The molecule has 1 saturated heterocycles. The molecular formula is C9H11NO5S. The summed E-state index contributed by atoms with van der Waals surface area (Å²) < 4.78 is 27.9. The van der Waals surface area contributed by atoms with Crippen LogP contribution in [0.15, 0.2) is 10.7 Å². The highest BCUT2D eigenvalue weighted by Gasteiger charge is 2.33. The summed E-state index contributed by atoms with van der Waals surface area (Å²) in [6, 6.07) is 0. The van der Waals surface area contributed by atoms with Crippen LogP contribution in [0.2, 0.25) is 0 Å². The third-order valence-corrected chi connectivity index (χ3v) is 5.03. The van der Waals surface area contributed by atoms with Gasteiger partial charge in [0.2, 0.25) is 0 Å². The number of sulfone groups is 1. The minimum Gasteiger partial charge on any atom is -0.478 e. The normalized spacial score (nSPS) is 23.4. The van der Waals surface area contributed by atoms with Crippen molar-refractivity contribution in [3.63, 3.8) is 0 Å². The third kappa shape index (κ3) is 1.95. The summed E-state index contributed by atoms with van der Waals surface area (Å²) in [5, 5.41) is 11.7. The Bertz CT molecular complexity index is 504. The van der Waals surface area contributed by atoms with Crippen LogP contribution < -0.4 is 0 Å². The first-order valence-corrected chi connectivity index (χ1v) is 6.60. The Morgan fingerprint density at radius 3 is 2.94 bits per heavy atom. The molecule has 88 valence electrons. The van der Waals surface area contributed by atoms with Gasteiger partial charge in [-0.3, -0.25) is 0 Å². The number of carboxylic acid groups (broad SMARTS) is 1. The van der Waals surface area contributed by atoms with E-state index < -0.39 is 21.1 Å². The predicted octanol–water partition coefficient (Wildman–Crippen LogP) is 0.493. The van der Waals surface area contributed by atoms with Crippen molar-refractivity contribution < 1.29 is 22.8 Å². The number of hydrogen-bond acceptors (Lipinski definition) is 5. The number of carboxylic acids is 1. The molecule has 2 heterocycles. The second-order valence-corrected chi connectivity index (χ2v) is 6.20. The number of carbonyl (C=O) groups is 1. The van der Waals surface area contributed by atoms with Crippen LogP contribution in [0.4, 0.5) is 0 Å². The van der Waals surface area contributed by atoms with E-state index >= 15 is 0 Å². The molecule has 1 aliphatic heterocycles. The molecule has 0 aromatic carbocycles. The molecule has 0 spiro atoms. The Morgan fingerprint density at radius 1 is 1.62 bits per heavy atom. The molecule has 16 heavy (non-hydrogen) atoms. The molecule has 1 aromatic rings. The lowest BCUT2D eigenvalue weighted by Crippen LogP contribution is -2.19. The van der Waals surface area contributed by atoms with Gasteiger partial charge < -0.3 is 9.63 Å². The van der Waals surface area contributed by atoms with Crippen molar-refractivity contribution in [2.45, 2.75) is 24.5 Å². The van der Waals surface area contributed by atoms with E-state index in [4.69, 9.17) is 9.63 Å². The van der Waals surface area contributed by atoms with Gasteiger partial charge >= 0.3 is 5.97 Å². The van der Waals surface area contributed by atoms with E-state index in [1.54, 1.807) is 0 Å². The van der Waals surface area contributed by atoms with E-state index in [0.29, 0.717) is 12.8 Å². The predicted molar refractivity (Wildman–Crippen MR) is 54.0 cm³/mol. The third-order valence-electron chi connectivity index (χ3n) is 2.75. The summed E-state index contributed by atoms with van der Waals surface area (Å²) in [5.74, 6) is -0.830. The van der Waals surface area contributed by atoms with Gasteiger partial charge in [-0.15, -0.1) is 0 Å². The van der Waals surface area contributed by atoms with Gasteiger partial charge in [-0.25, -0.2) is 13.2 Å². The van der Waals surface area contributed by atoms with Crippen LogP contribution in [0.3, 0.4) is 0 Å². The molecule has 7 heteroatoms. The Labute approximate surface area is 92.2 Å². The molecule has 0 saturated carbocycles. The van der Waals surface area contributed by atoms with Crippen LogP contribution in [0.25, 0.3) is 0 Å². The molecule has 0 aliphatic carbocycles. The summed E-state index contributed by atoms with van der Waals surface area (Å²) in [4.78, 5) is 10.8. The molecule has 1 fully saturated rings. The number of rotatable bonds is 3. The van der Waals surface area contributed by atoms with Crippen molar-refractivity contribution >= 4 is 15.8 Å². The zero-order chi connectivity index (χ0) is 11.8. The van der Waals surface area contributed by atoms with Crippen LogP contribution >= 0.6 is 0 Å². The lowest BCUT2D eigenvalue weighted by Gasteiger charge is -2.06. The summed E-state index contributed by atoms with van der Waals surface area (Å²) in [5.41, 5.74) is -0.0536. The fourth-order valence-corrected chi connectivity index (χ4v) is 3.71. The van der Waals surface area contributed by atoms with Gasteiger partial charge in [-0.2, -0.15) is 0 Å². The maximum Gasteiger partial charge on any atom is 0.340 e. The van der Waals surface area contributed by atoms with E-state index in [1.807, 2.05) is 0 Å². The molecule has 1 N–H and O–H groups in total. The van der Waals surface area contributed by atoms with Crippen LogP contribution in [-0.2, 0) is 16.3 Å². The van der Waals surface area contributed by atoms with Crippen molar-refractivity contribution in [2.75, 3.05) is 5.75 Å². The molecule has 2 rings (SSSR count). The molecule has 6 nitrogen and oxygen atoms in total. The van der Waals surface area contributed by atoms with Crippen LogP contribution in [0.1, 0.15) is 29.0 Å². The smallest absolute Gasteiger partial charge is 0.340 e. The van der Waals surface area contributed by atoms with Gasteiger partial charge in [0.1, 0.15) is 5.56 Å². The van der Waals surface area contributed by atoms with Crippen LogP contribution in [-0.4, -0.2) is 35.7 Å². The lowest BCUT2D eigenvalue weighted by atomic mass is 10.1. The van der Waals surface area contributed by atoms with E-state index in [-0.39, 0.29) is 23.5 Å². The second-order valence-electron chi connectivity index (χ2n) is 3.80. The maximum absolute atomic E-state index is 11.6.